The van der Waals surface area contributed by atoms with Gasteiger partial charge in [0, 0.05) is 0 Å². The number of hydrogen-bond donors (Lipinski definition) is 0. The van der Waals surface area contributed by atoms with Gasteiger partial charge in [0.05, 0.1) is 5.57 Å². The lowest BCUT2D eigenvalue weighted by Gasteiger charge is -2.12. The maximum Gasteiger partial charge on any atom is 0.339 e. The number of cyclic esters (lactones) is 1. The summed E-state index contributed by atoms with van der Waals surface area (Å²) in [5.74, 6) is -0.235. The van der Waals surface area contributed by atoms with Gasteiger partial charge in [0.25, 0.3) is 0 Å². The molecule has 0 spiro atoms. The molecule has 1 aliphatic rings. The maximum atomic E-state index is 11.5. The quantitative estimate of drug-likeness (QED) is 0.632. The summed E-state index contributed by atoms with van der Waals surface area (Å²) in [4.78, 5) is 11.5. The normalized spacial score (nSPS) is 19.0. The lowest BCUT2D eigenvalue weighted by Crippen LogP contribution is -2.17. The van der Waals surface area contributed by atoms with E-state index in [1.807, 2.05) is 50.3 Å². The minimum Gasteiger partial charge on any atom is -0.452 e. The second-order valence-corrected chi connectivity index (χ2v) is 3.92. The van der Waals surface area contributed by atoms with E-state index >= 15 is 0 Å². The zero-order valence-corrected chi connectivity index (χ0v) is 8.28. The topological polar surface area (TPSA) is 26.3 Å². The van der Waals surface area contributed by atoms with Crippen molar-refractivity contribution in [1.82, 2.24) is 0 Å². The van der Waals surface area contributed by atoms with Crippen LogP contribution in [-0.2, 0) is 9.53 Å². The predicted octanol–water partition coefficient (Wildman–Crippen LogP) is 2.41. The van der Waals surface area contributed by atoms with Crippen LogP contribution in [0.1, 0.15) is 19.4 Å². The highest BCUT2D eigenvalue weighted by atomic mass is 16.6. The van der Waals surface area contributed by atoms with E-state index in [1.165, 1.54) is 0 Å². The van der Waals surface area contributed by atoms with Crippen LogP contribution in [0.5, 0.6) is 0 Å². The van der Waals surface area contributed by atoms with Gasteiger partial charge in [-0.2, -0.15) is 0 Å². The summed E-state index contributed by atoms with van der Waals surface area (Å²) in [6.07, 6.45) is 1.87. The molecule has 1 heterocycles. The average Bonchev–Trinajstić information content (AvgIpc) is 2.41. The van der Waals surface area contributed by atoms with E-state index in [9.17, 15) is 4.79 Å². The molecule has 0 N–H and O–H groups in total. The fourth-order valence-corrected chi connectivity index (χ4v) is 1.55. The Kier molecular flexibility index (Phi) is 1.92. The van der Waals surface area contributed by atoms with Gasteiger partial charge >= 0.3 is 5.97 Å². The molecule has 2 rings (SSSR count). The van der Waals surface area contributed by atoms with Crippen LogP contribution in [0.3, 0.4) is 0 Å². The van der Waals surface area contributed by atoms with E-state index in [1.54, 1.807) is 0 Å². The summed E-state index contributed by atoms with van der Waals surface area (Å²) in [6, 6.07) is 9.57. The zero-order valence-electron chi connectivity index (χ0n) is 8.28. The van der Waals surface area contributed by atoms with Gasteiger partial charge in [0.15, 0.2) is 0 Å². The first-order valence-electron chi connectivity index (χ1n) is 4.60. The summed E-state index contributed by atoms with van der Waals surface area (Å²) in [7, 11) is 0. The van der Waals surface area contributed by atoms with Crippen LogP contribution in [0, 0.1) is 0 Å². The van der Waals surface area contributed by atoms with Crippen molar-refractivity contribution in [3.8, 4) is 0 Å². The second kappa shape index (κ2) is 2.98. The first kappa shape index (κ1) is 9.00. The highest BCUT2D eigenvalue weighted by Crippen LogP contribution is 2.29. The van der Waals surface area contributed by atoms with Crippen LogP contribution in [0.4, 0.5) is 0 Å². The summed E-state index contributed by atoms with van der Waals surface area (Å²) < 4.78 is 5.18. The van der Waals surface area contributed by atoms with E-state index in [0.717, 1.165) is 5.56 Å². The third-order valence-electron chi connectivity index (χ3n) is 2.15. The fraction of sp³-hybridized carbons (Fsp3) is 0.250. The van der Waals surface area contributed by atoms with Gasteiger partial charge in [0.2, 0.25) is 0 Å². The van der Waals surface area contributed by atoms with Crippen molar-refractivity contribution >= 4 is 11.5 Å². The van der Waals surface area contributed by atoms with Gasteiger partial charge in [-0.25, -0.2) is 4.79 Å². The Balaban J connectivity index is 2.42. The van der Waals surface area contributed by atoms with Crippen molar-refractivity contribution in [3.05, 3.63) is 42.0 Å². The predicted molar refractivity (Wildman–Crippen MR) is 54.6 cm³/mol. The van der Waals surface area contributed by atoms with Crippen LogP contribution in [0.15, 0.2) is 36.4 Å². The summed E-state index contributed by atoms with van der Waals surface area (Å²) >= 11 is 0. The highest BCUT2D eigenvalue weighted by molar-refractivity contribution is 6.18. The molecule has 0 fully saturated rings. The Bertz CT molecular complexity index is 388. The molecule has 1 aliphatic heterocycles. The van der Waals surface area contributed by atoms with E-state index < -0.39 is 5.60 Å². The summed E-state index contributed by atoms with van der Waals surface area (Å²) in [5, 5.41) is 0. The van der Waals surface area contributed by atoms with Gasteiger partial charge in [-0.15, -0.1) is 0 Å². The molecular formula is C12H12O2. The van der Waals surface area contributed by atoms with Crippen LogP contribution >= 0.6 is 0 Å². The SMILES string of the molecule is CC1(C)C=C(c2ccccc2)C(=O)O1. The van der Waals surface area contributed by atoms with Gasteiger partial charge in [-0.1, -0.05) is 30.3 Å². The molecule has 2 nitrogen and oxygen atoms in total. The third kappa shape index (κ3) is 1.55. The minimum absolute atomic E-state index is 0.235. The Hall–Kier alpha value is -1.57. The van der Waals surface area contributed by atoms with Crippen molar-refractivity contribution in [2.45, 2.75) is 19.4 Å². The maximum absolute atomic E-state index is 11.5. The number of esters is 1. The van der Waals surface area contributed by atoms with Crippen LogP contribution in [-0.4, -0.2) is 11.6 Å². The molecule has 1 aromatic rings. The molecule has 2 heteroatoms. The zero-order chi connectivity index (χ0) is 10.2. The lowest BCUT2D eigenvalue weighted by molar-refractivity contribution is -0.142. The minimum atomic E-state index is -0.470. The van der Waals surface area contributed by atoms with E-state index in [-0.39, 0.29) is 5.97 Å². The van der Waals surface area contributed by atoms with Crippen molar-refractivity contribution < 1.29 is 9.53 Å². The molecule has 0 bridgehead atoms. The highest BCUT2D eigenvalue weighted by Gasteiger charge is 2.31. The second-order valence-electron chi connectivity index (χ2n) is 3.92. The number of ether oxygens (including phenoxy) is 1. The first-order valence-corrected chi connectivity index (χ1v) is 4.60. The van der Waals surface area contributed by atoms with Gasteiger partial charge in [-0.05, 0) is 25.5 Å². The molecule has 14 heavy (non-hydrogen) atoms. The number of rotatable bonds is 1. The first-order chi connectivity index (χ1) is 6.58. The molecule has 0 saturated carbocycles. The van der Waals surface area contributed by atoms with Crippen molar-refractivity contribution in [1.29, 1.82) is 0 Å². The Labute approximate surface area is 83.2 Å². The van der Waals surface area contributed by atoms with Gasteiger partial charge in [-0.3, -0.25) is 0 Å². The molecule has 0 aliphatic carbocycles. The Morgan fingerprint density at radius 2 is 1.79 bits per heavy atom. The van der Waals surface area contributed by atoms with Crippen LogP contribution in [0.2, 0.25) is 0 Å². The average molecular weight is 188 g/mol. The molecule has 0 aromatic heterocycles. The van der Waals surface area contributed by atoms with E-state index in [0.29, 0.717) is 5.57 Å². The summed E-state index contributed by atoms with van der Waals surface area (Å²) in [5.41, 5.74) is 1.11. The molecule has 72 valence electrons. The lowest BCUT2D eigenvalue weighted by atomic mass is 10.0. The third-order valence-corrected chi connectivity index (χ3v) is 2.15. The van der Waals surface area contributed by atoms with Gasteiger partial charge in [0.1, 0.15) is 5.60 Å². The summed E-state index contributed by atoms with van der Waals surface area (Å²) in [6.45, 7) is 3.75. The smallest absolute Gasteiger partial charge is 0.339 e. The van der Waals surface area contributed by atoms with E-state index in [4.69, 9.17) is 4.74 Å². The van der Waals surface area contributed by atoms with Gasteiger partial charge < -0.3 is 4.74 Å². The molecule has 0 radical (unpaired) electrons. The number of carbonyl (C=O) groups is 1. The van der Waals surface area contributed by atoms with Crippen molar-refractivity contribution in [2.24, 2.45) is 0 Å². The van der Waals surface area contributed by atoms with Crippen LogP contribution < -0.4 is 0 Å². The Morgan fingerprint density at radius 1 is 1.14 bits per heavy atom. The largest absolute Gasteiger partial charge is 0.452 e. The Morgan fingerprint density at radius 3 is 2.29 bits per heavy atom. The standard InChI is InChI=1S/C12H12O2/c1-12(2)8-10(11(13)14-12)9-6-4-3-5-7-9/h3-8H,1-2H3. The van der Waals surface area contributed by atoms with Crippen LogP contribution in [0.25, 0.3) is 5.57 Å². The number of hydrogen-bond acceptors (Lipinski definition) is 2. The molecular weight excluding hydrogens is 176 g/mol. The molecule has 0 saturated heterocycles. The number of carbonyl (C=O) groups excluding carboxylic acids is 1. The molecule has 1 aromatic carbocycles. The molecule has 0 atom stereocenters. The monoisotopic (exact) mass is 188 g/mol. The van der Waals surface area contributed by atoms with Crippen molar-refractivity contribution in [3.63, 3.8) is 0 Å². The molecule has 0 unspecified atom stereocenters. The van der Waals surface area contributed by atoms with Crippen molar-refractivity contribution in [2.75, 3.05) is 0 Å². The van der Waals surface area contributed by atoms with E-state index in [2.05, 4.69) is 0 Å². The molecule has 0 amide bonds. The fourth-order valence-electron chi connectivity index (χ4n) is 1.55. The number of benzene rings is 1.